The lowest BCUT2D eigenvalue weighted by molar-refractivity contribution is -0.147. The molecule has 0 heterocycles. The number of carboxylic acids is 1. The summed E-state index contributed by atoms with van der Waals surface area (Å²) in [7, 11) is 0. The van der Waals surface area contributed by atoms with E-state index in [2.05, 4.69) is 91.3 Å². The number of carbonyl (C=O) groups excluding carboxylic acids is 3. The first-order valence-electron chi connectivity index (χ1n) is 20.3. The number of rotatable bonds is 35. The average Bonchev–Trinajstić information content (AvgIpc) is 3.14. The second-order valence-electron chi connectivity index (χ2n) is 13.3. The minimum atomic E-state index is -1.39. The SMILES string of the molecule is CC/C=C\C/C=C\C/C=C\C/C=C\CCCCC(=O)OC(/C=C\C/C=C\CCCCCC)CCCCCCCCC(=O)NCC(=O)NC(CO)C(=O)O. The maximum atomic E-state index is 12.7. The Morgan fingerprint density at radius 1 is 0.604 bits per heavy atom. The molecule has 0 aromatic rings. The number of hydrogen-bond acceptors (Lipinski definition) is 6. The fourth-order valence-electron chi connectivity index (χ4n) is 5.30. The summed E-state index contributed by atoms with van der Waals surface area (Å²) in [6, 6.07) is -1.39. The lowest BCUT2D eigenvalue weighted by Crippen LogP contribution is -2.47. The van der Waals surface area contributed by atoms with Crippen LogP contribution >= 0.6 is 0 Å². The van der Waals surface area contributed by atoms with Crippen molar-refractivity contribution in [2.24, 2.45) is 0 Å². The summed E-state index contributed by atoms with van der Waals surface area (Å²) >= 11 is 0. The van der Waals surface area contributed by atoms with Crippen LogP contribution in [0.4, 0.5) is 0 Å². The van der Waals surface area contributed by atoms with Gasteiger partial charge in [-0.25, -0.2) is 4.79 Å². The van der Waals surface area contributed by atoms with E-state index in [4.69, 9.17) is 14.9 Å². The van der Waals surface area contributed by atoms with Crippen LogP contribution in [0.5, 0.6) is 0 Å². The van der Waals surface area contributed by atoms with E-state index in [0.717, 1.165) is 96.3 Å². The van der Waals surface area contributed by atoms with Crippen molar-refractivity contribution < 1.29 is 34.1 Å². The summed E-state index contributed by atoms with van der Waals surface area (Å²) < 4.78 is 5.89. The lowest BCUT2D eigenvalue weighted by atomic mass is 10.1. The summed E-state index contributed by atoms with van der Waals surface area (Å²) in [5.74, 6) is -2.41. The van der Waals surface area contributed by atoms with Crippen molar-refractivity contribution in [2.75, 3.05) is 13.2 Å². The van der Waals surface area contributed by atoms with Crippen LogP contribution in [0.25, 0.3) is 0 Å². The molecule has 300 valence electrons. The summed E-state index contributed by atoms with van der Waals surface area (Å²) in [6.07, 6.45) is 46.6. The highest BCUT2D eigenvalue weighted by Gasteiger charge is 2.18. The van der Waals surface area contributed by atoms with E-state index in [1.807, 2.05) is 6.08 Å². The second kappa shape index (κ2) is 38.0. The number of aliphatic hydroxyl groups excluding tert-OH is 1. The van der Waals surface area contributed by atoms with Gasteiger partial charge in [0.25, 0.3) is 0 Å². The molecule has 0 saturated heterocycles. The average molecular weight is 741 g/mol. The molecule has 0 aliphatic rings. The van der Waals surface area contributed by atoms with Crippen LogP contribution in [0.15, 0.2) is 72.9 Å². The quantitative estimate of drug-likeness (QED) is 0.0288. The van der Waals surface area contributed by atoms with Gasteiger partial charge < -0.3 is 25.6 Å². The van der Waals surface area contributed by atoms with E-state index in [1.165, 1.54) is 25.7 Å². The molecule has 0 fully saturated rings. The Labute approximate surface area is 321 Å². The molecule has 9 nitrogen and oxygen atoms in total. The number of esters is 1. The fourth-order valence-corrected chi connectivity index (χ4v) is 5.30. The highest BCUT2D eigenvalue weighted by molar-refractivity contribution is 5.87. The minimum Gasteiger partial charge on any atom is -0.480 e. The van der Waals surface area contributed by atoms with Crippen molar-refractivity contribution in [3.8, 4) is 0 Å². The van der Waals surface area contributed by atoms with Crippen molar-refractivity contribution in [3.05, 3.63) is 72.9 Å². The number of aliphatic carboxylic acids is 1. The predicted molar refractivity (Wildman–Crippen MR) is 217 cm³/mol. The van der Waals surface area contributed by atoms with Gasteiger partial charge in [0.2, 0.25) is 11.8 Å². The van der Waals surface area contributed by atoms with Crippen LogP contribution in [0.1, 0.15) is 155 Å². The van der Waals surface area contributed by atoms with E-state index < -0.39 is 24.5 Å². The Morgan fingerprint density at radius 3 is 1.74 bits per heavy atom. The Balaban J connectivity index is 4.41. The molecule has 4 N–H and O–H groups in total. The standard InChI is InChI=1S/C44H72N2O7/c1-3-5-7-9-11-13-14-15-16-17-18-20-22-28-32-36-43(50)53-39(33-29-25-21-19-12-10-8-6-4-2)34-30-26-23-24-27-31-35-41(48)45-37-42(49)46-40(38-47)44(51)52/h5,7,11,13,15-16,18-21,29,33,39-40,47H,3-4,6,8-10,12,14,17,22-28,30-32,34-38H2,1-2H3,(H,45,48)(H,46,49)(H,51,52)/b7-5-,13-11-,16-15-,20-18-,21-19-,33-29-. The molecule has 0 aromatic heterocycles. The molecule has 9 heteroatoms. The van der Waals surface area contributed by atoms with Crippen molar-refractivity contribution in [1.29, 1.82) is 0 Å². The Bertz CT molecular complexity index is 1120. The van der Waals surface area contributed by atoms with E-state index in [9.17, 15) is 19.2 Å². The van der Waals surface area contributed by atoms with Gasteiger partial charge in [0, 0.05) is 12.8 Å². The third-order valence-corrected chi connectivity index (χ3v) is 8.42. The molecule has 0 aliphatic heterocycles. The third kappa shape index (κ3) is 35.1. The number of nitrogens with one attached hydrogen (secondary N) is 2. The van der Waals surface area contributed by atoms with E-state index in [1.54, 1.807) is 0 Å². The van der Waals surface area contributed by atoms with Crippen LogP contribution < -0.4 is 10.6 Å². The number of amides is 2. The second-order valence-corrected chi connectivity index (χ2v) is 13.3. The van der Waals surface area contributed by atoms with E-state index in [-0.39, 0.29) is 30.9 Å². The smallest absolute Gasteiger partial charge is 0.328 e. The number of hydrogen-bond donors (Lipinski definition) is 4. The number of aliphatic hydroxyl groups is 1. The zero-order valence-corrected chi connectivity index (χ0v) is 33.0. The van der Waals surface area contributed by atoms with Gasteiger partial charge in [0.05, 0.1) is 13.2 Å². The molecule has 0 spiro atoms. The van der Waals surface area contributed by atoms with Gasteiger partial charge in [-0.2, -0.15) is 0 Å². The topological polar surface area (TPSA) is 142 Å². The summed E-state index contributed by atoms with van der Waals surface area (Å²) in [6.45, 7) is 3.31. The van der Waals surface area contributed by atoms with Gasteiger partial charge in [0.1, 0.15) is 12.1 Å². The molecule has 0 aromatic carbocycles. The molecule has 0 aliphatic carbocycles. The van der Waals surface area contributed by atoms with Crippen molar-refractivity contribution >= 4 is 23.8 Å². The molecular formula is C44H72N2O7. The zero-order valence-electron chi connectivity index (χ0n) is 33.0. The Hall–Kier alpha value is -3.72. The Kier molecular flexibility index (Phi) is 35.3. The summed E-state index contributed by atoms with van der Waals surface area (Å²) in [4.78, 5) is 47.3. The fraction of sp³-hybridized carbons (Fsp3) is 0.636. The van der Waals surface area contributed by atoms with Gasteiger partial charge in [0.15, 0.2) is 0 Å². The molecule has 2 atom stereocenters. The minimum absolute atomic E-state index is 0.137. The first-order chi connectivity index (χ1) is 25.8. The Morgan fingerprint density at radius 2 is 1.13 bits per heavy atom. The number of ether oxygens (including phenoxy) is 1. The molecule has 0 rings (SSSR count). The van der Waals surface area contributed by atoms with Gasteiger partial charge in [-0.1, -0.05) is 126 Å². The largest absolute Gasteiger partial charge is 0.480 e. The highest BCUT2D eigenvalue weighted by Crippen LogP contribution is 2.14. The van der Waals surface area contributed by atoms with E-state index in [0.29, 0.717) is 12.8 Å². The van der Waals surface area contributed by atoms with Crippen LogP contribution in [-0.4, -0.2) is 59.3 Å². The number of allylic oxidation sites excluding steroid dienone is 11. The van der Waals surface area contributed by atoms with Crippen LogP contribution in [-0.2, 0) is 23.9 Å². The lowest BCUT2D eigenvalue weighted by Gasteiger charge is -2.14. The third-order valence-electron chi connectivity index (χ3n) is 8.42. The van der Waals surface area contributed by atoms with Crippen molar-refractivity contribution in [2.45, 2.75) is 167 Å². The zero-order chi connectivity index (χ0) is 39.0. The maximum Gasteiger partial charge on any atom is 0.328 e. The van der Waals surface area contributed by atoms with Gasteiger partial charge >= 0.3 is 11.9 Å². The molecule has 2 unspecified atom stereocenters. The first kappa shape index (κ1) is 49.3. The van der Waals surface area contributed by atoms with Gasteiger partial charge in [-0.3, -0.25) is 14.4 Å². The first-order valence-corrected chi connectivity index (χ1v) is 20.3. The molecule has 0 saturated carbocycles. The van der Waals surface area contributed by atoms with Crippen LogP contribution in [0.3, 0.4) is 0 Å². The molecule has 0 bridgehead atoms. The van der Waals surface area contributed by atoms with Crippen LogP contribution in [0, 0.1) is 0 Å². The molecular weight excluding hydrogens is 668 g/mol. The predicted octanol–water partition coefficient (Wildman–Crippen LogP) is 9.54. The summed E-state index contributed by atoms with van der Waals surface area (Å²) in [5, 5.41) is 22.5. The summed E-state index contributed by atoms with van der Waals surface area (Å²) in [5.41, 5.74) is 0. The number of carboxylic acid groups (broad SMARTS) is 1. The normalized spacial score (nSPS) is 13.3. The van der Waals surface area contributed by atoms with Crippen molar-refractivity contribution in [1.82, 2.24) is 10.6 Å². The van der Waals surface area contributed by atoms with Crippen molar-refractivity contribution in [3.63, 3.8) is 0 Å². The van der Waals surface area contributed by atoms with Gasteiger partial charge in [-0.15, -0.1) is 0 Å². The van der Waals surface area contributed by atoms with Crippen LogP contribution in [0.2, 0.25) is 0 Å². The highest BCUT2D eigenvalue weighted by atomic mass is 16.5. The number of unbranched alkanes of at least 4 members (excludes halogenated alkanes) is 11. The molecule has 0 radical (unpaired) electrons. The number of carbonyl (C=O) groups is 4. The molecule has 2 amide bonds. The van der Waals surface area contributed by atoms with E-state index >= 15 is 0 Å². The maximum absolute atomic E-state index is 12.7. The monoisotopic (exact) mass is 741 g/mol. The molecule has 53 heavy (non-hydrogen) atoms. The van der Waals surface area contributed by atoms with Gasteiger partial charge in [-0.05, 0) is 89.5 Å².